The van der Waals surface area contributed by atoms with E-state index >= 15 is 0 Å². The van der Waals surface area contributed by atoms with Crippen LogP contribution < -0.4 is 10.6 Å². The highest BCUT2D eigenvalue weighted by Crippen LogP contribution is 2.23. The van der Waals surface area contributed by atoms with Crippen molar-refractivity contribution in [3.63, 3.8) is 0 Å². The van der Waals surface area contributed by atoms with Gasteiger partial charge in [0.25, 0.3) is 0 Å². The fraction of sp³-hybridized carbons (Fsp3) is 0.192. The highest BCUT2D eigenvalue weighted by molar-refractivity contribution is 7.71. The first-order valence-electron chi connectivity index (χ1n) is 10.9. The van der Waals surface area contributed by atoms with Crippen LogP contribution in [0, 0.1) is 25.5 Å². The van der Waals surface area contributed by atoms with E-state index in [-0.39, 0.29) is 12.5 Å². The molecule has 2 N–H and O–H groups in total. The maximum atomic E-state index is 12.8. The molecule has 8 heteroatoms. The number of carbonyl (C=O) groups excluding carboxylic acids is 1. The summed E-state index contributed by atoms with van der Waals surface area (Å²) in [5, 5.41) is 11.7. The van der Waals surface area contributed by atoms with E-state index in [2.05, 4.69) is 36.6 Å². The summed E-state index contributed by atoms with van der Waals surface area (Å²) in [5.74, 6) is 0.485. The SMILES string of the molecule is Cc1cccc(C)c1NCc1nn(CC(=O)Nc2cccc(Cl)c2C)c(=S)n1-c1ccccc1. The van der Waals surface area contributed by atoms with Gasteiger partial charge < -0.3 is 10.6 Å². The van der Waals surface area contributed by atoms with Crippen LogP contribution in [0.1, 0.15) is 22.5 Å². The highest BCUT2D eigenvalue weighted by atomic mass is 35.5. The van der Waals surface area contributed by atoms with E-state index in [1.165, 1.54) is 0 Å². The van der Waals surface area contributed by atoms with Gasteiger partial charge in [0.1, 0.15) is 6.54 Å². The van der Waals surface area contributed by atoms with E-state index in [0.29, 0.717) is 27.9 Å². The van der Waals surface area contributed by atoms with Crippen molar-refractivity contribution in [3.8, 4) is 5.69 Å². The Kier molecular flexibility index (Phi) is 7.14. The maximum absolute atomic E-state index is 12.8. The van der Waals surface area contributed by atoms with E-state index < -0.39 is 0 Å². The first-order valence-corrected chi connectivity index (χ1v) is 11.7. The standard InChI is InChI=1S/C26H26ClN5OS/c1-17-9-7-10-18(2)25(17)28-15-23-30-31(26(34)32(23)20-11-5-4-6-12-20)16-24(33)29-22-14-8-13-21(27)19(22)3/h4-14,28H,15-16H2,1-3H3,(H,29,33). The molecule has 4 aromatic rings. The average molecular weight is 492 g/mol. The number of rotatable bonds is 7. The third-order valence-electron chi connectivity index (χ3n) is 5.66. The van der Waals surface area contributed by atoms with Crippen molar-refractivity contribution < 1.29 is 4.79 Å². The second kappa shape index (κ2) is 10.2. The van der Waals surface area contributed by atoms with E-state index in [0.717, 1.165) is 28.1 Å². The zero-order valence-electron chi connectivity index (χ0n) is 19.3. The number of anilines is 2. The van der Waals surface area contributed by atoms with Crippen LogP contribution in [0.5, 0.6) is 0 Å². The van der Waals surface area contributed by atoms with Crippen LogP contribution in [0.25, 0.3) is 5.69 Å². The van der Waals surface area contributed by atoms with Gasteiger partial charge in [0.2, 0.25) is 10.7 Å². The Morgan fingerprint density at radius 2 is 1.65 bits per heavy atom. The molecule has 3 aromatic carbocycles. The minimum atomic E-state index is -0.228. The summed E-state index contributed by atoms with van der Waals surface area (Å²) in [6.07, 6.45) is 0. The Balaban J connectivity index is 1.63. The van der Waals surface area contributed by atoms with Gasteiger partial charge in [0.05, 0.1) is 6.54 Å². The molecule has 4 rings (SSSR count). The normalized spacial score (nSPS) is 10.8. The van der Waals surface area contributed by atoms with Crippen LogP contribution in [0.3, 0.4) is 0 Å². The number of halogens is 1. The van der Waals surface area contributed by atoms with Gasteiger partial charge in [-0.1, -0.05) is 54.1 Å². The molecule has 0 aliphatic heterocycles. The molecule has 1 heterocycles. The largest absolute Gasteiger partial charge is 0.377 e. The average Bonchev–Trinajstić information content (AvgIpc) is 3.12. The molecule has 0 saturated carbocycles. The number of aromatic nitrogens is 3. The molecule has 1 aromatic heterocycles. The van der Waals surface area contributed by atoms with Crippen LogP contribution >= 0.6 is 23.8 Å². The van der Waals surface area contributed by atoms with Gasteiger partial charge >= 0.3 is 0 Å². The number of carbonyl (C=O) groups is 1. The minimum absolute atomic E-state index is 0.0129. The zero-order chi connectivity index (χ0) is 24.2. The first-order chi connectivity index (χ1) is 16.3. The van der Waals surface area contributed by atoms with Crippen LogP contribution in [0.4, 0.5) is 11.4 Å². The number of hydrogen-bond acceptors (Lipinski definition) is 4. The number of nitrogens with one attached hydrogen (secondary N) is 2. The maximum Gasteiger partial charge on any atom is 0.246 e. The van der Waals surface area contributed by atoms with Crippen LogP contribution in [0.15, 0.2) is 66.7 Å². The Morgan fingerprint density at radius 1 is 0.971 bits per heavy atom. The molecule has 0 aliphatic rings. The van der Waals surface area contributed by atoms with Crippen molar-refractivity contribution in [2.24, 2.45) is 0 Å². The second-order valence-electron chi connectivity index (χ2n) is 8.11. The Hall–Kier alpha value is -3.42. The van der Waals surface area contributed by atoms with Crippen molar-refractivity contribution in [1.29, 1.82) is 0 Å². The quantitative estimate of drug-likeness (QED) is 0.301. The Labute approximate surface area is 209 Å². The van der Waals surface area contributed by atoms with Crippen molar-refractivity contribution in [1.82, 2.24) is 14.3 Å². The van der Waals surface area contributed by atoms with E-state index in [9.17, 15) is 4.79 Å². The summed E-state index contributed by atoms with van der Waals surface area (Å²) < 4.78 is 3.90. The molecular formula is C26H26ClN5OS. The predicted molar refractivity (Wildman–Crippen MR) is 140 cm³/mol. The summed E-state index contributed by atoms with van der Waals surface area (Å²) in [7, 11) is 0. The smallest absolute Gasteiger partial charge is 0.246 e. The zero-order valence-corrected chi connectivity index (χ0v) is 20.9. The van der Waals surface area contributed by atoms with Gasteiger partial charge in [-0.25, -0.2) is 4.68 Å². The molecule has 34 heavy (non-hydrogen) atoms. The summed E-state index contributed by atoms with van der Waals surface area (Å²) in [6, 6.07) is 21.4. The lowest BCUT2D eigenvalue weighted by atomic mass is 10.1. The first kappa shape index (κ1) is 23.7. The van der Waals surface area contributed by atoms with Crippen molar-refractivity contribution in [3.05, 3.63) is 99.0 Å². The summed E-state index contributed by atoms with van der Waals surface area (Å²) in [5.41, 5.74) is 5.75. The number of benzene rings is 3. The topological polar surface area (TPSA) is 63.9 Å². The number of para-hydroxylation sites is 2. The molecule has 0 unspecified atom stereocenters. The van der Waals surface area contributed by atoms with Gasteiger partial charge in [0, 0.05) is 22.1 Å². The predicted octanol–water partition coefficient (Wildman–Crippen LogP) is 6.23. The molecule has 0 fully saturated rings. The lowest BCUT2D eigenvalue weighted by Gasteiger charge is -2.13. The van der Waals surface area contributed by atoms with E-state index in [1.807, 2.05) is 54.0 Å². The van der Waals surface area contributed by atoms with Crippen molar-refractivity contribution >= 4 is 41.1 Å². The van der Waals surface area contributed by atoms with Gasteiger partial charge in [-0.05, 0) is 73.9 Å². The molecule has 174 valence electrons. The van der Waals surface area contributed by atoms with Gasteiger partial charge in [-0.3, -0.25) is 9.36 Å². The third kappa shape index (κ3) is 5.05. The summed E-state index contributed by atoms with van der Waals surface area (Å²) in [4.78, 5) is 12.8. The fourth-order valence-electron chi connectivity index (χ4n) is 3.84. The van der Waals surface area contributed by atoms with E-state index in [4.69, 9.17) is 28.9 Å². The molecule has 0 aliphatic carbocycles. The molecule has 1 amide bonds. The number of nitrogens with zero attached hydrogens (tertiary/aromatic N) is 3. The molecule has 0 bridgehead atoms. The van der Waals surface area contributed by atoms with Crippen molar-refractivity contribution in [2.45, 2.75) is 33.9 Å². The van der Waals surface area contributed by atoms with Crippen LogP contribution in [-0.4, -0.2) is 20.3 Å². The molecular weight excluding hydrogens is 466 g/mol. The van der Waals surface area contributed by atoms with Crippen LogP contribution in [-0.2, 0) is 17.9 Å². The molecule has 6 nitrogen and oxygen atoms in total. The van der Waals surface area contributed by atoms with Gasteiger partial charge in [0.15, 0.2) is 5.82 Å². The molecule has 0 spiro atoms. The van der Waals surface area contributed by atoms with Crippen LogP contribution in [0.2, 0.25) is 5.02 Å². The monoisotopic (exact) mass is 491 g/mol. The van der Waals surface area contributed by atoms with Crippen molar-refractivity contribution in [2.75, 3.05) is 10.6 Å². The molecule has 0 atom stereocenters. The lowest BCUT2D eigenvalue weighted by Crippen LogP contribution is -2.20. The number of aryl methyl sites for hydroxylation is 2. The lowest BCUT2D eigenvalue weighted by molar-refractivity contribution is -0.116. The summed E-state index contributed by atoms with van der Waals surface area (Å²) in [6.45, 7) is 6.44. The Morgan fingerprint density at radius 3 is 2.35 bits per heavy atom. The van der Waals surface area contributed by atoms with E-state index in [1.54, 1.807) is 16.8 Å². The molecule has 0 saturated heterocycles. The third-order valence-corrected chi connectivity index (χ3v) is 6.46. The summed E-state index contributed by atoms with van der Waals surface area (Å²) >= 11 is 11.9. The van der Waals surface area contributed by atoms with Gasteiger partial charge in [-0.15, -0.1) is 0 Å². The van der Waals surface area contributed by atoms with Gasteiger partial charge in [-0.2, -0.15) is 5.10 Å². The Bertz CT molecular complexity index is 1370. The number of amides is 1. The fourth-order valence-corrected chi connectivity index (χ4v) is 4.33. The molecule has 0 radical (unpaired) electrons. The number of hydrogen-bond donors (Lipinski definition) is 2. The highest BCUT2D eigenvalue weighted by Gasteiger charge is 2.16. The second-order valence-corrected chi connectivity index (χ2v) is 8.88. The minimum Gasteiger partial charge on any atom is -0.377 e.